The summed E-state index contributed by atoms with van der Waals surface area (Å²) in [6.45, 7) is 2.72. The molecule has 136 valence electrons. The molecule has 1 aliphatic rings. The van der Waals surface area contributed by atoms with E-state index >= 15 is 0 Å². The molecule has 0 aliphatic carbocycles. The molecule has 1 saturated heterocycles. The number of nitrogens with zero attached hydrogens (tertiary/aromatic N) is 1. The van der Waals surface area contributed by atoms with Crippen LogP contribution in [0.4, 0.5) is 0 Å². The van der Waals surface area contributed by atoms with Crippen molar-refractivity contribution in [3.63, 3.8) is 0 Å². The van der Waals surface area contributed by atoms with Crippen LogP contribution in [-0.4, -0.2) is 37.6 Å². The maximum absolute atomic E-state index is 12.2. The summed E-state index contributed by atoms with van der Waals surface area (Å²) in [6, 6.07) is 18.1. The molecule has 1 amide bonds. The Balaban J connectivity index is 1.66. The average molecular weight is 350 g/mol. The first-order chi connectivity index (χ1) is 12.8. The molecule has 26 heavy (non-hydrogen) atoms. The van der Waals surface area contributed by atoms with E-state index in [1.54, 1.807) is 13.2 Å². The molecule has 3 rings (SSSR count). The normalized spacial score (nSPS) is 15.9. The van der Waals surface area contributed by atoms with Crippen LogP contribution in [0.5, 0.6) is 5.75 Å². The van der Waals surface area contributed by atoms with E-state index in [4.69, 9.17) is 4.74 Å². The van der Waals surface area contributed by atoms with Crippen LogP contribution in [0, 0.1) is 0 Å². The van der Waals surface area contributed by atoms with Crippen LogP contribution in [0.25, 0.3) is 6.08 Å². The van der Waals surface area contributed by atoms with Gasteiger partial charge in [0.1, 0.15) is 5.75 Å². The molecule has 2 aromatic rings. The second-order valence-corrected chi connectivity index (χ2v) is 6.52. The summed E-state index contributed by atoms with van der Waals surface area (Å²) in [5.41, 5.74) is 2.20. The number of hydrogen-bond donors (Lipinski definition) is 1. The molecule has 0 aromatic heterocycles. The smallest absolute Gasteiger partial charge is 0.244 e. The molecule has 0 radical (unpaired) electrons. The second-order valence-electron chi connectivity index (χ2n) is 6.52. The van der Waals surface area contributed by atoms with Crippen LogP contribution in [0.2, 0.25) is 0 Å². The van der Waals surface area contributed by atoms with Crippen molar-refractivity contribution < 1.29 is 9.53 Å². The van der Waals surface area contributed by atoms with Crippen LogP contribution >= 0.6 is 0 Å². The lowest BCUT2D eigenvalue weighted by Crippen LogP contribution is -2.36. The molecule has 4 heteroatoms. The fourth-order valence-electron chi connectivity index (χ4n) is 3.35. The largest absolute Gasteiger partial charge is 0.497 e. The zero-order chi connectivity index (χ0) is 18.2. The maximum Gasteiger partial charge on any atom is 0.244 e. The molecule has 2 aromatic carbocycles. The number of likely N-dealkylation sites (tertiary alicyclic amines) is 1. The van der Waals surface area contributed by atoms with E-state index < -0.39 is 0 Å². The van der Waals surface area contributed by atoms with Crippen molar-refractivity contribution in [2.75, 3.05) is 26.7 Å². The Labute approximate surface area is 155 Å². The minimum Gasteiger partial charge on any atom is -0.497 e. The topological polar surface area (TPSA) is 41.6 Å². The number of carbonyl (C=O) groups is 1. The molecule has 1 N–H and O–H groups in total. The highest BCUT2D eigenvalue weighted by Gasteiger charge is 2.24. The number of ether oxygens (including phenoxy) is 1. The van der Waals surface area contributed by atoms with Crippen molar-refractivity contribution in [1.29, 1.82) is 0 Å². The van der Waals surface area contributed by atoms with Gasteiger partial charge >= 0.3 is 0 Å². The summed E-state index contributed by atoms with van der Waals surface area (Å²) < 4.78 is 5.36. The van der Waals surface area contributed by atoms with Crippen molar-refractivity contribution in [1.82, 2.24) is 10.2 Å². The third-order valence-electron chi connectivity index (χ3n) is 4.76. The van der Waals surface area contributed by atoms with Gasteiger partial charge in [-0.3, -0.25) is 9.69 Å². The van der Waals surface area contributed by atoms with Gasteiger partial charge in [-0.25, -0.2) is 0 Å². The highest BCUT2D eigenvalue weighted by molar-refractivity contribution is 5.91. The van der Waals surface area contributed by atoms with Crippen molar-refractivity contribution in [2.45, 2.75) is 18.9 Å². The molecule has 1 atom stereocenters. The summed E-state index contributed by atoms with van der Waals surface area (Å²) >= 11 is 0. The number of amides is 1. The molecular weight excluding hydrogens is 324 g/mol. The average Bonchev–Trinajstić information content (AvgIpc) is 3.22. The molecule has 1 fully saturated rings. The minimum absolute atomic E-state index is 0.0686. The summed E-state index contributed by atoms with van der Waals surface area (Å²) in [6.07, 6.45) is 5.86. The van der Waals surface area contributed by atoms with E-state index in [1.165, 1.54) is 18.4 Å². The maximum atomic E-state index is 12.2. The first-order valence-corrected chi connectivity index (χ1v) is 9.15. The van der Waals surface area contributed by atoms with Crippen molar-refractivity contribution in [2.24, 2.45) is 0 Å². The standard InChI is InChI=1S/C22H26N2O2/c1-26-20-11-7-10-19(16-20)21(24-14-5-6-15-24)17-23-22(25)13-12-18-8-3-2-4-9-18/h2-4,7-13,16,21H,5-6,14-15,17H2,1H3,(H,23,25)/b13-12+. The summed E-state index contributed by atoms with van der Waals surface area (Å²) in [5, 5.41) is 3.06. The number of nitrogens with one attached hydrogen (secondary N) is 1. The summed E-state index contributed by atoms with van der Waals surface area (Å²) in [4.78, 5) is 14.7. The Hall–Kier alpha value is -2.59. The van der Waals surface area contributed by atoms with Gasteiger partial charge in [-0.1, -0.05) is 42.5 Å². The molecule has 1 aliphatic heterocycles. The first-order valence-electron chi connectivity index (χ1n) is 9.15. The molecule has 1 unspecified atom stereocenters. The summed E-state index contributed by atoms with van der Waals surface area (Å²) in [5.74, 6) is 0.781. The van der Waals surface area contributed by atoms with Crippen molar-refractivity contribution >= 4 is 12.0 Å². The van der Waals surface area contributed by atoms with Crippen LogP contribution in [-0.2, 0) is 4.79 Å². The van der Waals surface area contributed by atoms with Crippen molar-refractivity contribution in [3.05, 3.63) is 71.8 Å². The lowest BCUT2D eigenvalue weighted by Gasteiger charge is -2.28. The van der Waals surface area contributed by atoms with Crippen LogP contribution in [0.3, 0.4) is 0 Å². The monoisotopic (exact) mass is 350 g/mol. The van der Waals surface area contributed by atoms with Crippen LogP contribution in [0.1, 0.15) is 30.0 Å². The molecule has 4 nitrogen and oxygen atoms in total. The van der Waals surface area contributed by atoms with E-state index in [2.05, 4.69) is 22.3 Å². The Morgan fingerprint density at radius 1 is 1.15 bits per heavy atom. The third-order valence-corrected chi connectivity index (χ3v) is 4.76. The highest BCUT2D eigenvalue weighted by atomic mass is 16.5. The molecule has 0 spiro atoms. The highest BCUT2D eigenvalue weighted by Crippen LogP contribution is 2.27. The first kappa shape index (κ1) is 18.2. The number of methoxy groups -OCH3 is 1. The number of hydrogen-bond acceptors (Lipinski definition) is 3. The molecule has 0 bridgehead atoms. The Bertz CT molecular complexity index is 737. The number of benzene rings is 2. The predicted octanol–water partition coefficient (Wildman–Crippen LogP) is 3.66. The fourth-order valence-corrected chi connectivity index (χ4v) is 3.35. The zero-order valence-corrected chi connectivity index (χ0v) is 15.2. The van der Waals surface area contributed by atoms with Gasteiger partial charge in [0, 0.05) is 12.6 Å². The van der Waals surface area contributed by atoms with Gasteiger partial charge in [0.05, 0.1) is 13.2 Å². The Morgan fingerprint density at radius 2 is 1.92 bits per heavy atom. The lowest BCUT2D eigenvalue weighted by atomic mass is 10.0. The van der Waals surface area contributed by atoms with E-state index in [0.717, 1.165) is 24.4 Å². The second kappa shape index (κ2) is 9.20. The van der Waals surface area contributed by atoms with Gasteiger partial charge in [-0.05, 0) is 55.3 Å². The van der Waals surface area contributed by atoms with Gasteiger partial charge < -0.3 is 10.1 Å². The lowest BCUT2D eigenvalue weighted by molar-refractivity contribution is -0.116. The van der Waals surface area contributed by atoms with Crippen LogP contribution in [0.15, 0.2) is 60.7 Å². The van der Waals surface area contributed by atoms with E-state index in [-0.39, 0.29) is 11.9 Å². The van der Waals surface area contributed by atoms with Gasteiger partial charge in [0.2, 0.25) is 5.91 Å². The van der Waals surface area contributed by atoms with Gasteiger partial charge in [-0.15, -0.1) is 0 Å². The number of rotatable bonds is 7. The van der Waals surface area contributed by atoms with Gasteiger partial charge in [0.25, 0.3) is 0 Å². The zero-order valence-electron chi connectivity index (χ0n) is 15.2. The summed E-state index contributed by atoms with van der Waals surface area (Å²) in [7, 11) is 1.68. The quantitative estimate of drug-likeness (QED) is 0.775. The number of carbonyl (C=O) groups excluding carboxylic acids is 1. The van der Waals surface area contributed by atoms with Gasteiger partial charge in [0.15, 0.2) is 0 Å². The van der Waals surface area contributed by atoms with Gasteiger partial charge in [-0.2, -0.15) is 0 Å². The fraction of sp³-hybridized carbons (Fsp3) is 0.318. The molecule has 0 saturated carbocycles. The minimum atomic E-state index is -0.0686. The molecular formula is C22H26N2O2. The van der Waals surface area contributed by atoms with E-state index in [0.29, 0.717) is 6.54 Å². The predicted molar refractivity (Wildman–Crippen MR) is 105 cm³/mol. The van der Waals surface area contributed by atoms with E-state index in [1.807, 2.05) is 48.5 Å². The molecule has 1 heterocycles. The van der Waals surface area contributed by atoms with Crippen LogP contribution < -0.4 is 10.1 Å². The SMILES string of the molecule is COc1cccc(C(CNC(=O)/C=C/c2ccccc2)N2CCCC2)c1. The van der Waals surface area contributed by atoms with E-state index in [9.17, 15) is 4.79 Å². The Kier molecular flexibility index (Phi) is 6.45. The Morgan fingerprint density at radius 3 is 2.65 bits per heavy atom. The van der Waals surface area contributed by atoms with Crippen molar-refractivity contribution in [3.8, 4) is 5.75 Å². The third kappa shape index (κ3) is 4.96.